The van der Waals surface area contributed by atoms with Gasteiger partial charge < -0.3 is 5.32 Å². The molecule has 1 aromatic rings. The molecule has 1 aromatic carbocycles. The van der Waals surface area contributed by atoms with Gasteiger partial charge in [-0.3, -0.25) is 0 Å². The monoisotopic (exact) mass is 241 g/mol. The zero-order valence-corrected chi connectivity index (χ0v) is 9.55. The van der Waals surface area contributed by atoms with Crippen LogP contribution in [0.5, 0.6) is 0 Å². The molecule has 0 aromatic heterocycles. The van der Waals surface area contributed by atoms with Crippen molar-refractivity contribution in [3.63, 3.8) is 0 Å². The number of benzene rings is 1. The molecule has 0 aliphatic carbocycles. The number of nitrogens with one attached hydrogen (secondary N) is 1. The Labute approximate surface area is 88.7 Å². The summed E-state index contributed by atoms with van der Waals surface area (Å²) in [5.41, 5.74) is 1.35. The molecule has 2 heteroatoms. The Kier molecular flexibility index (Phi) is 5.09. The molecule has 13 heavy (non-hydrogen) atoms. The van der Waals surface area contributed by atoms with Crippen LogP contribution < -0.4 is 5.32 Å². The van der Waals surface area contributed by atoms with Gasteiger partial charge in [0.15, 0.2) is 0 Å². The van der Waals surface area contributed by atoms with Crippen LogP contribution in [0.15, 0.2) is 30.3 Å². The Hall–Kier alpha value is -0.340. The van der Waals surface area contributed by atoms with E-state index in [1.54, 1.807) is 0 Å². The summed E-state index contributed by atoms with van der Waals surface area (Å²) in [4.78, 5) is 0.594. The first-order valence-electron chi connectivity index (χ1n) is 4.71. The Morgan fingerprint density at radius 3 is 2.62 bits per heavy atom. The van der Waals surface area contributed by atoms with Gasteiger partial charge in [0, 0.05) is 17.9 Å². The second kappa shape index (κ2) is 6.17. The van der Waals surface area contributed by atoms with Crippen molar-refractivity contribution >= 4 is 15.9 Å². The summed E-state index contributed by atoms with van der Waals surface area (Å²) in [5.74, 6) is 0. The first-order valence-corrected chi connectivity index (χ1v) is 5.63. The van der Waals surface area contributed by atoms with E-state index in [-0.39, 0.29) is 0 Å². The first-order chi connectivity index (χ1) is 6.33. The van der Waals surface area contributed by atoms with E-state index in [1.807, 2.05) is 6.07 Å². The fourth-order valence-corrected chi connectivity index (χ4v) is 1.34. The molecular weight excluding hydrogens is 226 g/mol. The molecule has 1 atom stereocenters. The molecule has 0 amide bonds. The Morgan fingerprint density at radius 1 is 1.31 bits per heavy atom. The molecule has 1 rings (SSSR count). The van der Waals surface area contributed by atoms with Crippen LogP contribution in [0.2, 0.25) is 0 Å². The van der Waals surface area contributed by atoms with Gasteiger partial charge >= 0.3 is 0 Å². The molecular formula is C11H16BrN. The summed E-state index contributed by atoms with van der Waals surface area (Å²) in [7, 11) is 0. The lowest BCUT2D eigenvalue weighted by atomic mass is 10.2. The van der Waals surface area contributed by atoms with Crippen LogP contribution in [0.4, 0.5) is 0 Å². The summed E-state index contributed by atoms with van der Waals surface area (Å²) in [5, 5.41) is 3.41. The van der Waals surface area contributed by atoms with Gasteiger partial charge in [0.1, 0.15) is 0 Å². The largest absolute Gasteiger partial charge is 0.312 e. The molecule has 0 aliphatic heterocycles. The summed E-state index contributed by atoms with van der Waals surface area (Å²) in [6.07, 6.45) is 1.17. The van der Waals surface area contributed by atoms with Gasteiger partial charge in [0.25, 0.3) is 0 Å². The van der Waals surface area contributed by atoms with Crippen molar-refractivity contribution in [2.75, 3.05) is 6.54 Å². The molecule has 72 valence electrons. The third-order valence-electron chi connectivity index (χ3n) is 1.98. The lowest BCUT2D eigenvalue weighted by molar-refractivity contribution is 0.658. The highest BCUT2D eigenvalue weighted by atomic mass is 79.9. The van der Waals surface area contributed by atoms with Crippen LogP contribution in [-0.2, 0) is 6.54 Å². The molecule has 0 fully saturated rings. The van der Waals surface area contributed by atoms with Gasteiger partial charge in [0.2, 0.25) is 0 Å². The zero-order valence-electron chi connectivity index (χ0n) is 7.96. The normalized spacial score (nSPS) is 12.8. The third kappa shape index (κ3) is 4.44. The molecule has 1 nitrogen and oxygen atoms in total. The minimum atomic E-state index is 0.594. The van der Waals surface area contributed by atoms with Crippen molar-refractivity contribution in [2.45, 2.75) is 24.7 Å². The third-order valence-corrected chi connectivity index (χ3v) is 2.95. The summed E-state index contributed by atoms with van der Waals surface area (Å²) in [6.45, 7) is 4.18. The van der Waals surface area contributed by atoms with Crippen LogP contribution >= 0.6 is 15.9 Å². The Bertz CT molecular complexity index is 223. The van der Waals surface area contributed by atoms with E-state index in [2.05, 4.69) is 52.4 Å². The average molecular weight is 242 g/mol. The number of rotatable bonds is 5. The van der Waals surface area contributed by atoms with Crippen LogP contribution in [0.1, 0.15) is 18.9 Å². The standard InChI is InChI=1S/C11H16BrN/c1-2-11(12)9-13-8-10-6-4-3-5-7-10/h3-7,11,13H,2,8-9H2,1H3. The molecule has 0 saturated heterocycles. The van der Waals surface area contributed by atoms with Crippen molar-refractivity contribution in [2.24, 2.45) is 0 Å². The lowest BCUT2D eigenvalue weighted by Gasteiger charge is -2.08. The van der Waals surface area contributed by atoms with Crippen LogP contribution in [0.25, 0.3) is 0 Å². The summed E-state index contributed by atoms with van der Waals surface area (Å²) < 4.78 is 0. The number of hydrogen-bond acceptors (Lipinski definition) is 1. The lowest BCUT2D eigenvalue weighted by Crippen LogP contribution is -2.21. The van der Waals surface area contributed by atoms with E-state index < -0.39 is 0 Å². The SMILES string of the molecule is CCC(Br)CNCc1ccccc1. The van der Waals surface area contributed by atoms with E-state index >= 15 is 0 Å². The highest BCUT2D eigenvalue weighted by Gasteiger charge is 1.98. The van der Waals surface area contributed by atoms with Crippen molar-refractivity contribution in [3.05, 3.63) is 35.9 Å². The van der Waals surface area contributed by atoms with Crippen LogP contribution in [0, 0.1) is 0 Å². The predicted octanol–water partition coefficient (Wildman–Crippen LogP) is 2.95. The second-order valence-electron chi connectivity index (χ2n) is 3.12. The predicted molar refractivity (Wildman–Crippen MR) is 61.2 cm³/mol. The first kappa shape index (κ1) is 10.7. The Morgan fingerprint density at radius 2 is 2.00 bits per heavy atom. The van der Waals surface area contributed by atoms with E-state index in [1.165, 1.54) is 12.0 Å². The average Bonchev–Trinajstić information content (AvgIpc) is 2.19. The highest BCUT2D eigenvalue weighted by Crippen LogP contribution is 2.03. The molecule has 0 radical (unpaired) electrons. The van der Waals surface area contributed by atoms with Crippen molar-refractivity contribution in [1.82, 2.24) is 5.32 Å². The van der Waals surface area contributed by atoms with Gasteiger partial charge in [-0.25, -0.2) is 0 Å². The minimum absolute atomic E-state index is 0.594. The topological polar surface area (TPSA) is 12.0 Å². The smallest absolute Gasteiger partial charge is 0.0268 e. The second-order valence-corrected chi connectivity index (χ2v) is 4.42. The minimum Gasteiger partial charge on any atom is -0.312 e. The molecule has 0 bridgehead atoms. The molecule has 1 N–H and O–H groups in total. The van der Waals surface area contributed by atoms with Crippen LogP contribution in [0.3, 0.4) is 0 Å². The van der Waals surface area contributed by atoms with Gasteiger partial charge in [-0.2, -0.15) is 0 Å². The fourth-order valence-electron chi connectivity index (χ4n) is 1.11. The van der Waals surface area contributed by atoms with E-state index in [4.69, 9.17) is 0 Å². The van der Waals surface area contributed by atoms with Crippen molar-refractivity contribution in [3.8, 4) is 0 Å². The van der Waals surface area contributed by atoms with E-state index in [9.17, 15) is 0 Å². The summed E-state index contributed by atoms with van der Waals surface area (Å²) >= 11 is 3.59. The van der Waals surface area contributed by atoms with Gasteiger partial charge in [-0.15, -0.1) is 0 Å². The van der Waals surface area contributed by atoms with E-state index in [0.29, 0.717) is 4.83 Å². The van der Waals surface area contributed by atoms with Crippen molar-refractivity contribution < 1.29 is 0 Å². The fraction of sp³-hybridized carbons (Fsp3) is 0.455. The molecule has 0 saturated carbocycles. The van der Waals surface area contributed by atoms with Crippen LogP contribution in [-0.4, -0.2) is 11.4 Å². The van der Waals surface area contributed by atoms with Gasteiger partial charge in [0.05, 0.1) is 0 Å². The van der Waals surface area contributed by atoms with Gasteiger partial charge in [-0.1, -0.05) is 53.2 Å². The molecule has 0 aliphatic rings. The summed E-state index contributed by atoms with van der Waals surface area (Å²) in [6, 6.07) is 10.5. The maximum Gasteiger partial charge on any atom is 0.0268 e. The highest BCUT2D eigenvalue weighted by molar-refractivity contribution is 9.09. The maximum absolute atomic E-state index is 3.59. The number of alkyl halides is 1. The van der Waals surface area contributed by atoms with E-state index in [0.717, 1.165) is 13.1 Å². The maximum atomic E-state index is 3.59. The van der Waals surface area contributed by atoms with Gasteiger partial charge in [-0.05, 0) is 12.0 Å². The van der Waals surface area contributed by atoms with Crippen molar-refractivity contribution in [1.29, 1.82) is 0 Å². The molecule has 1 unspecified atom stereocenters. The zero-order chi connectivity index (χ0) is 9.52. The quantitative estimate of drug-likeness (QED) is 0.783. The molecule has 0 heterocycles. The number of hydrogen-bond donors (Lipinski definition) is 1. The Balaban J connectivity index is 2.20. The number of halogens is 1. The molecule has 0 spiro atoms.